The Balaban J connectivity index is 2.93. The molecular formula is C21H39NO5. The van der Waals surface area contributed by atoms with E-state index in [4.69, 9.17) is 9.47 Å². The maximum atomic E-state index is 12.2. The van der Waals surface area contributed by atoms with E-state index in [0.717, 1.165) is 25.8 Å². The molecule has 0 radical (unpaired) electrons. The number of aliphatic hydroxyl groups excluding tert-OH is 1. The Kier molecular flexibility index (Phi) is 9.95. The molecule has 0 bridgehead atoms. The molecule has 2 N–H and O–H groups in total. The van der Waals surface area contributed by atoms with Crippen LogP contribution in [0.2, 0.25) is 0 Å². The van der Waals surface area contributed by atoms with Gasteiger partial charge in [0, 0.05) is 12.6 Å². The summed E-state index contributed by atoms with van der Waals surface area (Å²) in [7, 11) is 1.94. The van der Waals surface area contributed by atoms with Gasteiger partial charge in [-0.25, -0.2) is 0 Å². The number of hydrogen-bond donors (Lipinski definition) is 2. The smallest absolute Gasteiger partial charge is 0.308 e. The Labute approximate surface area is 164 Å². The third-order valence-corrected chi connectivity index (χ3v) is 5.58. The first-order valence-corrected chi connectivity index (χ1v) is 10.1. The fraction of sp³-hybridized carbons (Fsp3) is 0.857. The lowest BCUT2D eigenvalue weighted by Crippen LogP contribution is -2.55. The normalized spacial score (nSPS) is 38.5. The molecular weight excluding hydrogens is 346 g/mol. The number of carbonyl (C=O) groups excluding carboxylic acids is 1. The van der Waals surface area contributed by atoms with Gasteiger partial charge in [0.15, 0.2) is 0 Å². The number of likely N-dealkylation sites (N-methyl/N-ethyl adjacent to an activating group) is 1. The van der Waals surface area contributed by atoms with Crippen LogP contribution in [-0.4, -0.2) is 71.7 Å². The molecule has 1 aliphatic rings. The first kappa shape index (κ1) is 24.1. The van der Waals surface area contributed by atoms with Crippen LogP contribution in [-0.2, 0) is 14.3 Å². The molecule has 0 spiro atoms. The predicted molar refractivity (Wildman–Crippen MR) is 106 cm³/mol. The topological polar surface area (TPSA) is 79.2 Å². The monoisotopic (exact) mass is 385 g/mol. The maximum absolute atomic E-state index is 12.2. The Morgan fingerprint density at radius 1 is 1.37 bits per heavy atom. The third-order valence-electron chi connectivity index (χ3n) is 5.58. The first-order chi connectivity index (χ1) is 12.6. The number of esters is 1. The molecule has 0 aromatic rings. The SMILES string of the molecule is C=CCOC1CCCC(C)C(=O)OC[C@@](C)(O)[C@H](O)C(C)N(C)C[C@H](C)C1. The lowest BCUT2D eigenvalue weighted by molar-refractivity contribution is -0.166. The molecule has 0 amide bonds. The van der Waals surface area contributed by atoms with Gasteiger partial charge in [-0.15, -0.1) is 6.58 Å². The van der Waals surface area contributed by atoms with Crippen molar-refractivity contribution in [3.05, 3.63) is 12.7 Å². The van der Waals surface area contributed by atoms with Crippen molar-refractivity contribution >= 4 is 5.97 Å². The van der Waals surface area contributed by atoms with Gasteiger partial charge < -0.3 is 24.6 Å². The van der Waals surface area contributed by atoms with Gasteiger partial charge in [-0.05, 0) is 46.1 Å². The van der Waals surface area contributed by atoms with Crippen molar-refractivity contribution in [2.45, 2.75) is 77.2 Å². The Hall–Kier alpha value is -0.950. The second-order valence-electron chi connectivity index (χ2n) is 8.51. The van der Waals surface area contributed by atoms with Crippen LogP contribution in [0.15, 0.2) is 12.7 Å². The van der Waals surface area contributed by atoms with Gasteiger partial charge in [-0.3, -0.25) is 4.79 Å². The summed E-state index contributed by atoms with van der Waals surface area (Å²) in [5, 5.41) is 21.3. The second kappa shape index (κ2) is 11.1. The minimum atomic E-state index is -1.50. The van der Waals surface area contributed by atoms with Crippen molar-refractivity contribution in [1.29, 1.82) is 0 Å². The summed E-state index contributed by atoms with van der Waals surface area (Å²) in [5.41, 5.74) is -1.50. The van der Waals surface area contributed by atoms with E-state index in [0.29, 0.717) is 18.9 Å². The van der Waals surface area contributed by atoms with E-state index in [1.807, 2.05) is 25.8 Å². The summed E-state index contributed by atoms with van der Waals surface area (Å²) in [6.45, 7) is 12.2. The zero-order chi connectivity index (χ0) is 20.6. The van der Waals surface area contributed by atoms with Crippen molar-refractivity contribution in [3.63, 3.8) is 0 Å². The van der Waals surface area contributed by atoms with Crippen LogP contribution in [0.1, 0.15) is 53.4 Å². The van der Waals surface area contributed by atoms with E-state index < -0.39 is 11.7 Å². The van der Waals surface area contributed by atoms with E-state index in [2.05, 4.69) is 13.5 Å². The van der Waals surface area contributed by atoms with E-state index in [9.17, 15) is 15.0 Å². The van der Waals surface area contributed by atoms with Gasteiger partial charge in [0.25, 0.3) is 0 Å². The summed E-state index contributed by atoms with van der Waals surface area (Å²) in [5.74, 6) is -0.222. The minimum Gasteiger partial charge on any atom is -0.462 e. The van der Waals surface area contributed by atoms with Gasteiger partial charge in [-0.2, -0.15) is 0 Å². The van der Waals surface area contributed by atoms with Crippen LogP contribution in [0.4, 0.5) is 0 Å². The fourth-order valence-electron chi connectivity index (χ4n) is 3.63. The van der Waals surface area contributed by atoms with Crippen molar-refractivity contribution in [1.82, 2.24) is 4.90 Å². The number of rotatable bonds is 3. The van der Waals surface area contributed by atoms with Crippen LogP contribution < -0.4 is 0 Å². The molecule has 1 rings (SSSR count). The van der Waals surface area contributed by atoms with E-state index in [-0.39, 0.29) is 30.6 Å². The molecule has 1 saturated heterocycles. The summed E-state index contributed by atoms with van der Waals surface area (Å²) in [6, 6.07) is -0.281. The van der Waals surface area contributed by atoms with E-state index >= 15 is 0 Å². The van der Waals surface area contributed by atoms with Crippen molar-refractivity contribution in [2.75, 3.05) is 26.8 Å². The Morgan fingerprint density at radius 3 is 2.67 bits per heavy atom. The van der Waals surface area contributed by atoms with Gasteiger partial charge in [0.05, 0.1) is 18.6 Å². The zero-order valence-corrected chi connectivity index (χ0v) is 17.7. The van der Waals surface area contributed by atoms with E-state index in [1.165, 1.54) is 6.92 Å². The van der Waals surface area contributed by atoms with Gasteiger partial charge in [0.1, 0.15) is 18.3 Å². The first-order valence-electron chi connectivity index (χ1n) is 10.1. The number of cyclic esters (lactones) is 1. The summed E-state index contributed by atoms with van der Waals surface area (Å²) in [4.78, 5) is 14.3. The largest absolute Gasteiger partial charge is 0.462 e. The molecule has 158 valence electrons. The molecule has 3 unspecified atom stereocenters. The van der Waals surface area contributed by atoms with Crippen LogP contribution >= 0.6 is 0 Å². The van der Waals surface area contributed by atoms with Crippen molar-refractivity contribution < 1.29 is 24.5 Å². The Bertz CT molecular complexity index is 467. The fourth-order valence-corrected chi connectivity index (χ4v) is 3.63. The number of aliphatic hydroxyl groups is 2. The molecule has 0 saturated carbocycles. The summed E-state index contributed by atoms with van der Waals surface area (Å²) in [6.07, 6.45) is 4.20. The summed E-state index contributed by atoms with van der Waals surface area (Å²) < 4.78 is 11.2. The number of hydrogen-bond acceptors (Lipinski definition) is 6. The molecule has 27 heavy (non-hydrogen) atoms. The number of nitrogens with zero attached hydrogens (tertiary/aromatic N) is 1. The zero-order valence-electron chi connectivity index (χ0n) is 17.7. The van der Waals surface area contributed by atoms with Crippen LogP contribution in [0.3, 0.4) is 0 Å². The van der Waals surface area contributed by atoms with Gasteiger partial charge >= 0.3 is 5.97 Å². The summed E-state index contributed by atoms with van der Waals surface area (Å²) >= 11 is 0. The highest BCUT2D eigenvalue weighted by Crippen LogP contribution is 2.23. The van der Waals surface area contributed by atoms with Crippen molar-refractivity contribution in [2.24, 2.45) is 11.8 Å². The molecule has 6 heteroatoms. The average molecular weight is 386 g/mol. The lowest BCUT2D eigenvalue weighted by atomic mass is 9.93. The van der Waals surface area contributed by atoms with Gasteiger partial charge in [0.2, 0.25) is 0 Å². The van der Waals surface area contributed by atoms with Crippen LogP contribution in [0, 0.1) is 11.8 Å². The second-order valence-corrected chi connectivity index (χ2v) is 8.51. The van der Waals surface area contributed by atoms with Crippen LogP contribution in [0.5, 0.6) is 0 Å². The lowest BCUT2D eigenvalue weighted by Gasteiger charge is -2.38. The van der Waals surface area contributed by atoms with Crippen molar-refractivity contribution in [3.8, 4) is 0 Å². The van der Waals surface area contributed by atoms with E-state index in [1.54, 1.807) is 6.08 Å². The molecule has 1 aliphatic heterocycles. The Morgan fingerprint density at radius 2 is 2.04 bits per heavy atom. The molecule has 6 atom stereocenters. The third kappa shape index (κ3) is 7.90. The molecule has 0 aromatic carbocycles. The molecule has 0 aliphatic carbocycles. The number of ether oxygens (including phenoxy) is 2. The molecule has 6 nitrogen and oxygen atoms in total. The molecule has 1 fully saturated rings. The molecule has 1 heterocycles. The maximum Gasteiger partial charge on any atom is 0.308 e. The number of carbonyl (C=O) groups is 1. The quantitative estimate of drug-likeness (QED) is 0.574. The average Bonchev–Trinajstić information content (AvgIpc) is 2.61. The highest BCUT2D eigenvalue weighted by molar-refractivity contribution is 5.71. The minimum absolute atomic E-state index is 0.114. The van der Waals surface area contributed by atoms with Crippen LogP contribution in [0.25, 0.3) is 0 Å². The molecule has 0 aromatic heterocycles. The highest BCUT2D eigenvalue weighted by atomic mass is 16.5. The van der Waals surface area contributed by atoms with Gasteiger partial charge in [-0.1, -0.05) is 26.3 Å². The standard InChI is InChI=1S/C21H39NO5/c1-7-11-26-18-10-8-9-16(3)20(24)27-14-21(5,25)19(23)17(4)22(6)13-15(2)12-18/h7,15-19,23,25H,1,8-14H2,2-6H3/t15-,16?,17?,18?,19-,21-/m1/s1. The predicted octanol–water partition coefficient (Wildman–Crippen LogP) is 2.38. The highest BCUT2D eigenvalue weighted by Gasteiger charge is 2.38.